The molecule has 0 saturated carbocycles. The number of nitrogens with zero attached hydrogens (tertiary/aromatic N) is 3. The Morgan fingerprint density at radius 2 is 2.21 bits per heavy atom. The number of hydrogen-bond donors (Lipinski definition) is 1. The van der Waals surface area contributed by atoms with Gasteiger partial charge >= 0.3 is 0 Å². The van der Waals surface area contributed by atoms with Gasteiger partial charge in [-0.2, -0.15) is 0 Å². The highest BCUT2D eigenvalue weighted by Gasteiger charge is 2.14. The van der Waals surface area contributed by atoms with Crippen molar-refractivity contribution in [3.05, 3.63) is 17.5 Å². The monoisotopic (exact) mass is 266 g/mol. The molecule has 0 amide bonds. The number of hydrogen-bond acceptors (Lipinski definition) is 5. The van der Waals surface area contributed by atoms with Gasteiger partial charge in [-0.3, -0.25) is 4.90 Å². The minimum absolute atomic E-state index is 0.806. The summed E-state index contributed by atoms with van der Waals surface area (Å²) in [6.45, 7) is 9.47. The van der Waals surface area contributed by atoms with Crippen molar-refractivity contribution in [2.75, 3.05) is 39.8 Å². The summed E-state index contributed by atoms with van der Waals surface area (Å²) in [6, 6.07) is 2.08. The Balaban J connectivity index is 1.78. The van der Waals surface area contributed by atoms with Crippen molar-refractivity contribution >= 4 is 0 Å². The number of aromatic nitrogens is 1. The lowest BCUT2D eigenvalue weighted by Gasteiger charge is -2.17. The van der Waals surface area contributed by atoms with Crippen LogP contribution in [0.15, 0.2) is 10.6 Å². The molecule has 0 bridgehead atoms. The van der Waals surface area contributed by atoms with Gasteiger partial charge in [0, 0.05) is 25.7 Å². The van der Waals surface area contributed by atoms with Crippen LogP contribution in [0.25, 0.3) is 0 Å². The molecule has 0 unspecified atom stereocenters. The lowest BCUT2D eigenvalue weighted by Crippen LogP contribution is -2.28. The molecule has 0 aliphatic carbocycles. The standard InChI is InChI=1S/C14H26N4O/c1-3-5-15-11-13-10-14(19-16-13)12-18-7-4-6-17(2)8-9-18/h10,15H,3-9,11-12H2,1-2H3. The Morgan fingerprint density at radius 3 is 3.05 bits per heavy atom. The molecular formula is C14H26N4O. The third kappa shape index (κ3) is 4.93. The second-order valence-corrected chi connectivity index (χ2v) is 5.39. The predicted octanol–water partition coefficient (Wildman–Crippen LogP) is 1.31. The zero-order valence-corrected chi connectivity index (χ0v) is 12.2. The van der Waals surface area contributed by atoms with Crippen LogP contribution in [-0.2, 0) is 13.1 Å². The van der Waals surface area contributed by atoms with Crippen LogP contribution in [0.2, 0.25) is 0 Å². The smallest absolute Gasteiger partial charge is 0.151 e. The largest absolute Gasteiger partial charge is 0.360 e. The van der Waals surface area contributed by atoms with Crippen LogP contribution in [0.1, 0.15) is 31.2 Å². The van der Waals surface area contributed by atoms with Gasteiger partial charge in [0.25, 0.3) is 0 Å². The molecule has 2 rings (SSSR count). The van der Waals surface area contributed by atoms with E-state index in [1.165, 1.54) is 13.0 Å². The van der Waals surface area contributed by atoms with Crippen LogP contribution >= 0.6 is 0 Å². The first-order chi connectivity index (χ1) is 9.28. The SMILES string of the molecule is CCCNCc1cc(CN2CCCN(C)CC2)on1. The van der Waals surface area contributed by atoms with Crippen LogP contribution in [-0.4, -0.2) is 54.7 Å². The van der Waals surface area contributed by atoms with E-state index >= 15 is 0 Å². The fraction of sp³-hybridized carbons (Fsp3) is 0.786. The molecule has 0 spiro atoms. The molecule has 5 heteroatoms. The Labute approximate surface area is 115 Å². The van der Waals surface area contributed by atoms with E-state index in [-0.39, 0.29) is 0 Å². The van der Waals surface area contributed by atoms with Crippen LogP contribution in [0.4, 0.5) is 0 Å². The quantitative estimate of drug-likeness (QED) is 0.787. The fourth-order valence-electron chi connectivity index (χ4n) is 2.39. The third-order valence-electron chi connectivity index (χ3n) is 3.53. The van der Waals surface area contributed by atoms with Crippen molar-refractivity contribution in [1.82, 2.24) is 20.3 Å². The van der Waals surface area contributed by atoms with Crippen LogP contribution in [0.5, 0.6) is 0 Å². The summed E-state index contributed by atoms with van der Waals surface area (Å²) in [5.74, 6) is 0.984. The molecule has 19 heavy (non-hydrogen) atoms. The summed E-state index contributed by atoms with van der Waals surface area (Å²) in [5.41, 5.74) is 1.01. The van der Waals surface area contributed by atoms with Crippen molar-refractivity contribution in [3.8, 4) is 0 Å². The molecule has 0 atom stereocenters. The highest BCUT2D eigenvalue weighted by Crippen LogP contribution is 2.10. The molecule has 2 heterocycles. The molecular weight excluding hydrogens is 240 g/mol. The molecule has 1 aromatic rings. The first-order valence-corrected chi connectivity index (χ1v) is 7.34. The molecule has 1 saturated heterocycles. The maximum atomic E-state index is 5.42. The molecule has 5 nitrogen and oxygen atoms in total. The number of rotatable bonds is 6. The Kier molecular flexibility index (Phi) is 5.82. The van der Waals surface area contributed by atoms with Gasteiger partial charge in [-0.25, -0.2) is 0 Å². The minimum Gasteiger partial charge on any atom is -0.360 e. The summed E-state index contributed by atoms with van der Waals surface area (Å²) in [5, 5.41) is 7.46. The molecule has 0 radical (unpaired) electrons. The predicted molar refractivity (Wildman–Crippen MR) is 75.9 cm³/mol. The third-order valence-corrected chi connectivity index (χ3v) is 3.53. The van der Waals surface area contributed by atoms with E-state index in [4.69, 9.17) is 4.52 Å². The van der Waals surface area contributed by atoms with E-state index < -0.39 is 0 Å². The lowest BCUT2D eigenvalue weighted by molar-refractivity contribution is 0.235. The second-order valence-electron chi connectivity index (χ2n) is 5.39. The molecule has 1 aliphatic rings. The first kappa shape index (κ1) is 14.5. The highest BCUT2D eigenvalue weighted by molar-refractivity contribution is 5.05. The zero-order valence-electron chi connectivity index (χ0n) is 12.2. The van der Waals surface area contributed by atoms with Gasteiger partial charge in [0.1, 0.15) is 0 Å². The van der Waals surface area contributed by atoms with Gasteiger partial charge in [-0.15, -0.1) is 0 Å². The summed E-state index contributed by atoms with van der Waals surface area (Å²) in [4.78, 5) is 4.84. The van der Waals surface area contributed by atoms with Gasteiger partial charge < -0.3 is 14.7 Å². The van der Waals surface area contributed by atoms with Crippen LogP contribution < -0.4 is 5.32 Å². The van der Waals surface area contributed by atoms with Crippen LogP contribution in [0.3, 0.4) is 0 Å². The topological polar surface area (TPSA) is 44.5 Å². The van der Waals surface area contributed by atoms with E-state index in [2.05, 4.69) is 40.3 Å². The number of likely N-dealkylation sites (N-methyl/N-ethyl adjacent to an activating group) is 1. The molecule has 1 aliphatic heterocycles. The second kappa shape index (κ2) is 7.62. The normalized spacial score (nSPS) is 18.6. The van der Waals surface area contributed by atoms with Gasteiger partial charge in [0.15, 0.2) is 5.76 Å². The van der Waals surface area contributed by atoms with Gasteiger partial charge in [0.05, 0.1) is 12.2 Å². The van der Waals surface area contributed by atoms with Gasteiger partial charge in [-0.1, -0.05) is 12.1 Å². The summed E-state index contributed by atoms with van der Waals surface area (Å²) in [7, 11) is 2.19. The lowest BCUT2D eigenvalue weighted by atomic mass is 10.3. The molecule has 1 N–H and O–H groups in total. The maximum Gasteiger partial charge on any atom is 0.151 e. The zero-order chi connectivity index (χ0) is 13.5. The number of nitrogens with one attached hydrogen (secondary N) is 1. The van der Waals surface area contributed by atoms with Crippen molar-refractivity contribution < 1.29 is 4.52 Å². The molecule has 1 aromatic heterocycles. The van der Waals surface area contributed by atoms with Gasteiger partial charge in [-0.05, 0) is 39.5 Å². The summed E-state index contributed by atoms with van der Waals surface area (Å²) >= 11 is 0. The Morgan fingerprint density at radius 1 is 1.32 bits per heavy atom. The van der Waals surface area contributed by atoms with Crippen LogP contribution in [0, 0.1) is 0 Å². The van der Waals surface area contributed by atoms with E-state index in [0.29, 0.717) is 0 Å². The molecule has 108 valence electrons. The highest BCUT2D eigenvalue weighted by atomic mass is 16.5. The van der Waals surface area contributed by atoms with Gasteiger partial charge in [0.2, 0.25) is 0 Å². The molecule has 0 aromatic carbocycles. The van der Waals surface area contributed by atoms with E-state index in [1.807, 2.05) is 0 Å². The van der Waals surface area contributed by atoms with E-state index in [1.54, 1.807) is 0 Å². The van der Waals surface area contributed by atoms with Crippen molar-refractivity contribution in [1.29, 1.82) is 0 Å². The summed E-state index contributed by atoms with van der Waals surface area (Å²) in [6.07, 6.45) is 2.38. The van der Waals surface area contributed by atoms with Crippen molar-refractivity contribution in [2.45, 2.75) is 32.9 Å². The first-order valence-electron chi connectivity index (χ1n) is 7.34. The Hall–Kier alpha value is -0.910. The average Bonchev–Trinajstić information content (AvgIpc) is 2.73. The minimum atomic E-state index is 0.806. The fourth-order valence-corrected chi connectivity index (χ4v) is 2.39. The average molecular weight is 266 g/mol. The van der Waals surface area contributed by atoms with Crippen molar-refractivity contribution in [3.63, 3.8) is 0 Å². The van der Waals surface area contributed by atoms with Crippen molar-refractivity contribution in [2.24, 2.45) is 0 Å². The molecule has 1 fully saturated rings. The van der Waals surface area contributed by atoms with E-state index in [9.17, 15) is 0 Å². The Bertz CT molecular complexity index is 366. The summed E-state index contributed by atoms with van der Waals surface area (Å²) < 4.78 is 5.42. The van der Waals surface area contributed by atoms with E-state index in [0.717, 1.165) is 57.1 Å². The maximum absolute atomic E-state index is 5.42.